The maximum absolute atomic E-state index is 15.0. The first kappa shape index (κ1) is 26.1. The molecule has 0 spiro atoms. The van der Waals surface area contributed by atoms with Crippen molar-refractivity contribution in [2.75, 3.05) is 44.1 Å². The fourth-order valence-corrected chi connectivity index (χ4v) is 4.63. The molecule has 2 aromatic heterocycles. The number of rotatable bonds is 8. The molecule has 1 aliphatic rings. The van der Waals surface area contributed by atoms with E-state index in [2.05, 4.69) is 20.4 Å². The first-order valence-corrected chi connectivity index (χ1v) is 11.6. The van der Waals surface area contributed by atoms with Gasteiger partial charge in [0, 0.05) is 38.3 Å². The van der Waals surface area contributed by atoms with Crippen LogP contribution in [-0.2, 0) is 15.4 Å². The van der Waals surface area contributed by atoms with Crippen molar-refractivity contribution in [3.8, 4) is 0 Å². The zero-order valence-electron chi connectivity index (χ0n) is 20.8. The van der Waals surface area contributed by atoms with Crippen LogP contribution in [0.1, 0.15) is 35.5 Å². The maximum Gasteiger partial charge on any atom is 0.298 e. The highest BCUT2D eigenvalue weighted by Crippen LogP contribution is 2.35. The number of alkyl halides is 2. The molecule has 0 saturated carbocycles. The Kier molecular flexibility index (Phi) is 7.35. The highest BCUT2D eigenvalue weighted by Gasteiger charge is 2.36. The molecule has 1 aromatic carbocycles. The van der Waals surface area contributed by atoms with Gasteiger partial charge >= 0.3 is 0 Å². The molecule has 1 fully saturated rings. The number of aliphatic hydroxyl groups excluding tert-OH is 1. The van der Waals surface area contributed by atoms with Crippen molar-refractivity contribution in [1.29, 1.82) is 0 Å². The number of aromatic nitrogens is 3. The van der Waals surface area contributed by atoms with E-state index in [0.29, 0.717) is 35.5 Å². The lowest BCUT2D eigenvalue weighted by Crippen LogP contribution is -2.27. The van der Waals surface area contributed by atoms with E-state index >= 15 is 4.39 Å². The predicted molar refractivity (Wildman–Crippen MR) is 130 cm³/mol. The van der Waals surface area contributed by atoms with E-state index in [-0.39, 0.29) is 17.8 Å². The van der Waals surface area contributed by atoms with E-state index in [4.69, 9.17) is 19.6 Å². The van der Waals surface area contributed by atoms with Crippen molar-refractivity contribution in [2.45, 2.75) is 44.9 Å². The van der Waals surface area contributed by atoms with Crippen LogP contribution in [0.2, 0.25) is 0 Å². The van der Waals surface area contributed by atoms with Crippen LogP contribution in [0.5, 0.6) is 0 Å². The van der Waals surface area contributed by atoms with E-state index < -0.39 is 30.0 Å². The summed E-state index contributed by atoms with van der Waals surface area (Å²) in [6.45, 7) is 5.11. The van der Waals surface area contributed by atoms with Gasteiger partial charge in [0.05, 0.1) is 34.2 Å². The van der Waals surface area contributed by atoms with E-state index in [1.807, 2.05) is 13.0 Å². The number of benzene rings is 1. The Morgan fingerprint density at radius 2 is 1.81 bits per heavy atom. The van der Waals surface area contributed by atoms with Crippen LogP contribution < -0.4 is 10.2 Å². The fourth-order valence-electron chi connectivity index (χ4n) is 4.63. The van der Waals surface area contributed by atoms with Crippen molar-refractivity contribution in [1.82, 2.24) is 15.2 Å². The molecule has 11 heteroatoms. The molecule has 4 rings (SSSR count). The Morgan fingerprint density at radius 1 is 1.14 bits per heavy atom. The van der Waals surface area contributed by atoms with Crippen LogP contribution in [0.15, 0.2) is 24.3 Å². The van der Waals surface area contributed by atoms with E-state index in [1.54, 1.807) is 28.1 Å². The molecule has 3 atom stereocenters. The summed E-state index contributed by atoms with van der Waals surface area (Å²) in [5.41, 5.74) is 2.09. The molecule has 36 heavy (non-hydrogen) atoms. The number of nitrogens with zero attached hydrogens (tertiary/aromatic N) is 4. The topological polar surface area (TPSA) is 92.6 Å². The molecule has 8 nitrogen and oxygen atoms in total. The van der Waals surface area contributed by atoms with Crippen molar-refractivity contribution < 1.29 is 27.8 Å². The lowest BCUT2D eigenvalue weighted by molar-refractivity contribution is -0.0583. The number of aliphatic hydroxyl groups is 1. The zero-order chi connectivity index (χ0) is 26.2. The Morgan fingerprint density at radius 3 is 2.42 bits per heavy atom. The van der Waals surface area contributed by atoms with E-state index in [0.717, 1.165) is 17.4 Å². The number of pyridine rings is 1. The van der Waals surface area contributed by atoms with Crippen molar-refractivity contribution in [3.05, 3.63) is 52.6 Å². The lowest BCUT2D eigenvalue weighted by Gasteiger charge is -2.23. The third-order valence-corrected chi connectivity index (χ3v) is 6.69. The summed E-state index contributed by atoms with van der Waals surface area (Å²) in [4.78, 5) is 6.90. The molecular formula is C25H30F3N5O3. The van der Waals surface area contributed by atoms with Crippen LogP contribution in [-0.4, -0.2) is 66.4 Å². The van der Waals surface area contributed by atoms with Gasteiger partial charge in [0.15, 0.2) is 5.82 Å². The summed E-state index contributed by atoms with van der Waals surface area (Å²) in [7, 11) is 3.30. The standard InChI is InChI=1S/C25H30F3N5O3/c1-13(16-7-6-8-18(22(16)26)25(27,28)12-34)30-24-17-9-19(14(2)29-23(17)15(3)31-32-24)33-10-20(35-4)21(11-33)36-5/h6-9,13,20-21,34H,10-12H2,1-5H3,(H,30,32)/t13-,20-,21+/m1/s1. The molecule has 2 N–H and O–H groups in total. The number of halogens is 3. The molecule has 3 heterocycles. The number of fused-ring (bicyclic) bond motifs is 1. The second kappa shape index (κ2) is 10.2. The van der Waals surface area contributed by atoms with Gasteiger partial charge in [-0.15, -0.1) is 5.10 Å². The molecule has 0 radical (unpaired) electrons. The molecule has 0 aliphatic carbocycles. The maximum atomic E-state index is 15.0. The van der Waals surface area contributed by atoms with Gasteiger partial charge in [0.1, 0.15) is 24.6 Å². The van der Waals surface area contributed by atoms with Gasteiger partial charge in [0.25, 0.3) is 5.92 Å². The largest absolute Gasteiger partial charge is 0.390 e. The van der Waals surface area contributed by atoms with Crippen molar-refractivity contribution >= 4 is 22.4 Å². The lowest BCUT2D eigenvalue weighted by atomic mass is 10.00. The van der Waals surface area contributed by atoms with Gasteiger partial charge in [-0.2, -0.15) is 13.9 Å². The average molecular weight is 506 g/mol. The molecule has 194 valence electrons. The van der Waals surface area contributed by atoms with Crippen LogP contribution in [0.3, 0.4) is 0 Å². The first-order chi connectivity index (χ1) is 17.1. The fraction of sp³-hybridized carbons (Fsp3) is 0.480. The average Bonchev–Trinajstić information content (AvgIpc) is 3.29. The number of nitrogens with one attached hydrogen (secondary N) is 1. The number of hydrogen-bond acceptors (Lipinski definition) is 8. The number of ether oxygens (including phenoxy) is 2. The van der Waals surface area contributed by atoms with Crippen LogP contribution >= 0.6 is 0 Å². The van der Waals surface area contributed by atoms with E-state index in [9.17, 15) is 8.78 Å². The summed E-state index contributed by atoms with van der Waals surface area (Å²) in [5.74, 6) is -4.42. The minimum Gasteiger partial charge on any atom is -0.390 e. The predicted octanol–water partition coefficient (Wildman–Crippen LogP) is 3.89. The van der Waals surface area contributed by atoms with Crippen molar-refractivity contribution in [3.63, 3.8) is 0 Å². The molecule has 1 aliphatic heterocycles. The van der Waals surface area contributed by atoms with Gasteiger partial charge < -0.3 is 24.8 Å². The number of aryl methyl sites for hydroxylation is 2. The Hall–Kier alpha value is -3.02. The van der Waals surface area contributed by atoms with Crippen LogP contribution in [0.4, 0.5) is 24.7 Å². The number of hydrogen-bond donors (Lipinski definition) is 2. The smallest absolute Gasteiger partial charge is 0.298 e. The second-order valence-corrected chi connectivity index (χ2v) is 9.01. The summed E-state index contributed by atoms with van der Waals surface area (Å²) in [6, 6.07) is 4.95. The monoisotopic (exact) mass is 505 g/mol. The minimum absolute atomic E-state index is 0.0156. The third kappa shape index (κ3) is 4.70. The second-order valence-electron chi connectivity index (χ2n) is 9.01. The van der Waals surface area contributed by atoms with Crippen LogP contribution in [0, 0.1) is 19.7 Å². The quantitative estimate of drug-likeness (QED) is 0.477. The summed E-state index contributed by atoms with van der Waals surface area (Å²) < 4.78 is 54.3. The molecular weight excluding hydrogens is 475 g/mol. The number of methoxy groups -OCH3 is 2. The molecule has 0 bridgehead atoms. The van der Waals surface area contributed by atoms with Gasteiger partial charge in [-0.3, -0.25) is 0 Å². The third-order valence-electron chi connectivity index (χ3n) is 6.69. The molecule has 0 amide bonds. The Labute approximate surface area is 207 Å². The molecule has 0 unspecified atom stereocenters. The summed E-state index contributed by atoms with van der Waals surface area (Å²) in [5, 5.41) is 21.2. The Bertz CT molecular complexity index is 1250. The van der Waals surface area contributed by atoms with Gasteiger partial charge in [-0.25, -0.2) is 9.37 Å². The van der Waals surface area contributed by atoms with Gasteiger partial charge in [0.2, 0.25) is 0 Å². The molecule has 1 saturated heterocycles. The minimum atomic E-state index is -3.69. The summed E-state index contributed by atoms with van der Waals surface area (Å²) >= 11 is 0. The highest BCUT2D eigenvalue weighted by atomic mass is 19.3. The zero-order valence-corrected chi connectivity index (χ0v) is 20.8. The number of anilines is 2. The van der Waals surface area contributed by atoms with E-state index in [1.165, 1.54) is 12.1 Å². The Balaban J connectivity index is 1.72. The first-order valence-electron chi connectivity index (χ1n) is 11.6. The normalized spacial score (nSPS) is 19.2. The summed E-state index contributed by atoms with van der Waals surface area (Å²) in [6.07, 6.45) is -0.181. The molecule has 3 aromatic rings. The highest BCUT2D eigenvalue weighted by molar-refractivity contribution is 5.93. The van der Waals surface area contributed by atoms with Crippen molar-refractivity contribution in [2.24, 2.45) is 0 Å². The van der Waals surface area contributed by atoms with Gasteiger partial charge in [-0.05, 0) is 32.9 Å². The van der Waals surface area contributed by atoms with Gasteiger partial charge in [-0.1, -0.05) is 12.1 Å². The van der Waals surface area contributed by atoms with Crippen LogP contribution in [0.25, 0.3) is 10.9 Å². The SMILES string of the molecule is CO[C@H]1CN(c2cc3c(N[C@H](C)c4cccc(C(F)(F)CO)c4F)nnc(C)c3nc2C)C[C@H]1OC.